The second kappa shape index (κ2) is 10.4. The van der Waals surface area contributed by atoms with Crippen molar-refractivity contribution in [2.24, 2.45) is 0 Å². The summed E-state index contributed by atoms with van der Waals surface area (Å²) in [4.78, 5) is 22.7. The first-order valence-corrected chi connectivity index (χ1v) is 7.21. The van der Waals surface area contributed by atoms with E-state index < -0.39 is 5.97 Å². The van der Waals surface area contributed by atoms with Gasteiger partial charge in [-0.15, -0.1) is 0 Å². The van der Waals surface area contributed by atoms with E-state index in [0.717, 1.165) is 12.0 Å². The third-order valence-corrected chi connectivity index (χ3v) is 2.79. The van der Waals surface area contributed by atoms with Crippen LogP contribution in [0.4, 0.5) is 0 Å². The molecule has 0 amide bonds. The van der Waals surface area contributed by atoms with Crippen molar-refractivity contribution in [2.45, 2.75) is 33.0 Å². The summed E-state index contributed by atoms with van der Waals surface area (Å²) in [5.74, 6) is 4.03. The van der Waals surface area contributed by atoms with Gasteiger partial charge in [0.1, 0.15) is 6.61 Å². The Morgan fingerprint density at radius 2 is 2.00 bits per heavy atom. The molecular weight excluding hydrogens is 282 g/mol. The topological polar surface area (TPSA) is 64.6 Å². The Morgan fingerprint density at radius 3 is 2.68 bits per heavy atom. The fourth-order valence-electron chi connectivity index (χ4n) is 1.45. The molecule has 1 aromatic carbocycles. The summed E-state index contributed by atoms with van der Waals surface area (Å²) >= 11 is 0. The van der Waals surface area contributed by atoms with Crippen molar-refractivity contribution in [1.29, 1.82) is 0 Å². The van der Waals surface area contributed by atoms with Crippen molar-refractivity contribution in [3.63, 3.8) is 0 Å². The zero-order valence-electron chi connectivity index (χ0n) is 12.9. The van der Waals surface area contributed by atoms with Gasteiger partial charge in [0.05, 0.1) is 19.2 Å². The Hall–Kier alpha value is -2.32. The van der Waals surface area contributed by atoms with Crippen LogP contribution in [0.25, 0.3) is 0 Å². The lowest BCUT2D eigenvalue weighted by molar-refractivity contribution is -0.147. The first kappa shape index (κ1) is 17.7. The normalized spacial score (nSPS) is 11.0. The number of benzene rings is 1. The molecule has 0 radical (unpaired) electrons. The first-order chi connectivity index (χ1) is 10.6. The van der Waals surface area contributed by atoms with Gasteiger partial charge in [0, 0.05) is 5.92 Å². The standard InChI is InChI=1S/C17H21NO4/c1-3-14(2)22-17(20)12-18-11-7-10-16(19)21-13-15-8-5-4-6-9-15/h4-6,8-9,14,18H,3,11-13H2,1-2H3. The Kier molecular flexibility index (Phi) is 8.39. The SMILES string of the molecule is CCC(C)OC(=O)CNCC#CC(=O)OCc1ccccc1. The summed E-state index contributed by atoms with van der Waals surface area (Å²) in [7, 11) is 0. The van der Waals surface area contributed by atoms with Gasteiger partial charge in [-0.3, -0.25) is 10.1 Å². The molecule has 0 aliphatic rings. The quantitative estimate of drug-likeness (QED) is 0.359. The van der Waals surface area contributed by atoms with E-state index in [1.165, 1.54) is 0 Å². The molecule has 118 valence electrons. The van der Waals surface area contributed by atoms with Crippen LogP contribution in [0.1, 0.15) is 25.8 Å². The van der Waals surface area contributed by atoms with E-state index in [4.69, 9.17) is 9.47 Å². The van der Waals surface area contributed by atoms with Crippen molar-refractivity contribution >= 4 is 11.9 Å². The van der Waals surface area contributed by atoms with Crippen molar-refractivity contribution < 1.29 is 19.1 Å². The van der Waals surface area contributed by atoms with Crippen molar-refractivity contribution in [3.05, 3.63) is 35.9 Å². The van der Waals surface area contributed by atoms with Gasteiger partial charge in [-0.1, -0.05) is 43.2 Å². The molecule has 5 nitrogen and oxygen atoms in total. The zero-order valence-corrected chi connectivity index (χ0v) is 12.9. The van der Waals surface area contributed by atoms with E-state index in [1.54, 1.807) is 0 Å². The second-order valence-electron chi connectivity index (χ2n) is 4.68. The molecule has 0 fully saturated rings. The Bertz CT molecular complexity index is 531. The maximum atomic E-state index is 11.4. The molecule has 0 aromatic heterocycles. The van der Waals surface area contributed by atoms with Gasteiger partial charge in [-0.25, -0.2) is 4.79 Å². The van der Waals surface area contributed by atoms with Crippen LogP contribution >= 0.6 is 0 Å². The number of hydrogen-bond donors (Lipinski definition) is 1. The largest absolute Gasteiger partial charge is 0.462 e. The zero-order chi connectivity index (χ0) is 16.2. The molecule has 5 heteroatoms. The molecule has 0 aliphatic carbocycles. The van der Waals surface area contributed by atoms with Crippen LogP contribution in [0.2, 0.25) is 0 Å². The summed E-state index contributed by atoms with van der Waals surface area (Å²) in [6, 6.07) is 9.37. The molecular formula is C17H21NO4. The van der Waals surface area contributed by atoms with Crippen molar-refractivity contribution in [2.75, 3.05) is 13.1 Å². The number of ether oxygens (including phenoxy) is 2. The Labute approximate surface area is 131 Å². The van der Waals surface area contributed by atoms with E-state index in [-0.39, 0.29) is 31.8 Å². The van der Waals surface area contributed by atoms with Crippen LogP contribution in [0.5, 0.6) is 0 Å². The minimum Gasteiger partial charge on any atom is -0.462 e. The Balaban J connectivity index is 2.16. The maximum absolute atomic E-state index is 11.4. The van der Waals surface area contributed by atoms with Crippen LogP contribution in [-0.2, 0) is 25.7 Å². The lowest BCUT2D eigenvalue weighted by Crippen LogP contribution is -2.27. The molecule has 0 saturated carbocycles. The summed E-state index contributed by atoms with van der Waals surface area (Å²) < 4.78 is 10.1. The number of rotatable bonds is 7. The first-order valence-electron chi connectivity index (χ1n) is 7.21. The van der Waals surface area contributed by atoms with Crippen molar-refractivity contribution in [1.82, 2.24) is 5.32 Å². The third kappa shape index (κ3) is 8.08. The highest BCUT2D eigenvalue weighted by Crippen LogP contribution is 2.00. The lowest BCUT2D eigenvalue weighted by Gasteiger charge is -2.10. The molecule has 1 aromatic rings. The number of nitrogens with one attached hydrogen (secondary N) is 1. The molecule has 0 saturated heterocycles. The molecule has 22 heavy (non-hydrogen) atoms. The summed E-state index contributed by atoms with van der Waals surface area (Å²) in [5, 5.41) is 2.79. The maximum Gasteiger partial charge on any atom is 0.384 e. The monoisotopic (exact) mass is 303 g/mol. The van der Waals surface area contributed by atoms with Gasteiger partial charge in [0.15, 0.2) is 0 Å². The number of esters is 2. The van der Waals surface area contributed by atoms with E-state index >= 15 is 0 Å². The van der Waals surface area contributed by atoms with Crippen LogP contribution in [-0.4, -0.2) is 31.1 Å². The highest BCUT2D eigenvalue weighted by Gasteiger charge is 2.06. The van der Waals surface area contributed by atoms with E-state index in [2.05, 4.69) is 17.2 Å². The van der Waals surface area contributed by atoms with Gasteiger partial charge in [0.25, 0.3) is 0 Å². The number of carbonyl (C=O) groups is 2. The summed E-state index contributed by atoms with van der Waals surface area (Å²) in [6.07, 6.45) is 0.687. The van der Waals surface area contributed by atoms with Crippen molar-refractivity contribution in [3.8, 4) is 11.8 Å². The van der Waals surface area contributed by atoms with E-state index in [9.17, 15) is 9.59 Å². The molecule has 1 N–H and O–H groups in total. The third-order valence-electron chi connectivity index (χ3n) is 2.79. The number of carbonyl (C=O) groups excluding carboxylic acids is 2. The molecule has 0 spiro atoms. The predicted octanol–water partition coefficient (Wildman–Crippen LogP) is 1.66. The lowest BCUT2D eigenvalue weighted by atomic mass is 10.2. The molecule has 0 aliphatic heterocycles. The fourth-order valence-corrected chi connectivity index (χ4v) is 1.45. The van der Waals surface area contributed by atoms with E-state index in [0.29, 0.717) is 0 Å². The van der Waals surface area contributed by atoms with Gasteiger partial charge < -0.3 is 9.47 Å². The van der Waals surface area contributed by atoms with Gasteiger partial charge in [-0.05, 0) is 18.9 Å². The minimum absolute atomic E-state index is 0.0675. The molecule has 0 heterocycles. The van der Waals surface area contributed by atoms with E-state index in [1.807, 2.05) is 44.2 Å². The predicted molar refractivity (Wildman–Crippen MR) is 82.7 cm³/mol. The highest BCUT2D eigenvalue weighted by atomic mass is 16.5. The minimum atomic E-state index is -0.590. The van der Waals surface area contributed by atoms with Crippen LogP contribution in [0.3, 0.4) is 0 Å². The second-order valence-corrected chi connectivity index (χ2v) is 4.68. The average molecular weight is 303 g/mol. The summed E-state index contributed by atoms with van der Waals surface area (Å²) in [5.41, 5.74) is 0.906. The fraction of sp³-hybridized carbons (Fsp3) is 0.412. The number of hydrogen-bond acceptors (Lipinski definition) is 5. The molecule has 1 unspecified atom stereocenters. The molecule has 1 atom stereocenters. The van der Waals surface area contributed by atoms with Gasteiger partial charge in [-0.2, -0.15) is 0 Å². The summed E-state index contributed by atoms with van der Waals surface area (Å²) in [6.45, 7) is 4.26. The molecule has 0 bridgehead atoms. The smallest absolute Gasteiger partial charge is 0.384 e. The van der Waals surface area contributed by atoms with Gasteiger partial charge in [0.2, 0.25) is 0 Å². The molecule has 1 rings (SSSR count). The van der Waals surface area contributed by atoms with Crippen LogP contribution < -0.4 is 5.32 Å². The van der Waals surface area contributed by atoms with Crippen LogP contribution in [0.15, 0.2) is 30.3 Å². The highest BCUT2D eigenvalue weighted by molar-refractivity contribution is 5.88. The Morgan fingerprint density at radius 1 is 1.27 bits per heavy atom. The van der Waals surface area contributed by atoms with Crippen LogP contribution in [0, 0.1) is 11.8 Å². The van der Waals surface area contributed by atoms with Gasteiger partial charge >= 0.3 is 11.9 Å². The average Bonchev–Trinajstić information content (AvgIpc) is 2.53.